The summed E-state index contributed by atoms with van der Waals surface area (Å²) >= 11 is 0. The molecular weight excluding hydrogens is 260 g/mol. The second-order valence-electron chi connectivity index (χ2n) is 5.38. The molecule has 2 aromatic carbocycles. The Morgan fingerprint density at radius 2 is 1.86 bits per heavy atom. The first-order valence-corrected chi connectivity index (χ1v) is 7.08. The van der Waals surface area contributed by atoms with Crippen LogP contribution in [0.25, 0.3) is 10.9 Å². The number of aryl methyl sites for hydroxylation is 1. The molecule has 1 heterocycles. The van der Waals surface area contributed by atoms with Crippen molar-refractivity contribution < 1.29 is 4.79 Å². The molecule has 3 nitrogen and oxygen atoms in total. The Bertz CT molecular complexity index is 774. The number of H-pyrrole nitrogens is 1. The molecule has 1 unspecified atom stereocenters. The highest BCUT2D eigenvalue weighted by Crippen LogP contribution is 2.18. The summed E-state index contributed by atoms with van der Waals surface area (Å²) in [5.74, 6) is -0.0831. The van der Waals surface area contributed by atoms with Crippen LogP contribution < -0.4 is 5.32 Å². The van der Waals surface area contributed by atoms with Gasteiger partial charge >= 0.3 is 0 Å². The quantitative estimate of drug-likeness (QED) is 0.748. The van der Waals surface area contributed by atoms with Crippen molar-refractivity contribution in [3.05, 3.63) is 71.4 Å². The number of aromatic nitrogens is 1. The fourth-order valence-corrected chi connectivity index (χ4v) is 2.46. The molecule has 0 fully saturated rings. The Morgan fingerprint density at radius 3 is 2.62 bits per heavy atom. The number of nitrogens with one attached hydrogen (secondary N) is 2. The van der Waals surface area contributed by atoms with Crippen molar-refractivity contribution in [1.82, 2.24) is 10.3 Å². The van der Waals surface area contributed by atoms with Gasteiger partial charge in [-0.2, -0.15) is 0 Å². The van der Waals surface area contributed by atoms with E-state index in [0.29, 0.717) is 5.69 Å². The Hall–Kier alpha value is -2.55. The van der Waals surface area contributed by atoms with E-state index < -0.39 is 0 Å². The number of rotatable bonds is 3. The van der Waals surface area contributed by atoms with E-state index in [1.807, 2.05) is 68.4 Å². The summed E-state index contributed by atoms with van der Waals surface area (Å²) in [6.45, 7) is 4.03. The number of amides is 1. The number of carbonyl (C=O) groups excluding carboxylic acids is 1. The molecule has 1 atom stereocenters. The lowest BCUT2D eigenvalue weighted by Gasteiger charge is -2.13. The predicted molar refractivity (Wildman–Crippen MR) is 85.4 cm³/mol. The molecule has 106 valence electrons. The zero-order chi connectivity index (χ0) is 14.8. The summed E-state index contributed by atoms with van der Waals surface area (Å²) in [4.78, 5) is 15.5. The van der Waals surface area contributed by atoms with E-state index in [1.165, 1.54) is 5.56 Å². The van der Waals surface area contributed by atoms with Gasteiger partial charge in [0.15, 0.2) is 0 Å². The van der Waals surface area contributed by atoms with E-state index in [1.54, 1.807) is 0 Å². The summed E-state index contributed by atoms with van der Waals surface area (Å²) < 4.78 is 0. The van der Waals surface area contributed by atoms with Crippen molar-refractivity contribution in [2.45, 2.75) is 19.9 Å². The molecule has 0 bridgehead atoms. The molecule has 0 aliphatic carbocycles. The maximum absolute atomic E-state index is 12.3. The minimum atomic E-state index is -0.0831. The molecule has 0 aliphatic rings. The van der Waals surface area contributed by atoms with E-state index in [-0.39, 0.29) is 11.9 Å². The Morgan fingerprint density at radius 1 is 1.10 bits per heavy atom. The smallest absolute Gasteiger partial charge is 0.268 e. The average Bonchev–Trinajstić information content (AvgIpc) is 2.91. The third-order valence-corrected chi connectivity index (χ3v) is 3.67. The van der Waals surface area contributed by atoms with Gasteiger partial charge in [0.25, 0.3) is 5.91 Å². The standard InChI is InChI=1S/C18H18N2O/c1-12-8-9-15-11-17(20-16(15)10-12)18(21)19-13(2)14-6-4-3-5-7-14/h3-11,13,20H,1-2H3,(H,19,21). The van der Waals surface area contributed by atoms with Crippen LogP contribution in [-0.2, 0) is 0 Å². The summed E-state index contributed by atoms with van der Waals surface area (Å²) in [5, 5.41) is 4.07. The minimum Gasteiger partial charge on any atom is -0.351 e. The third-order valence-electron chi connectivity index (χ3n) is 3.67. The first-order chi connectivity index (χ1) is 10.1. The Labute approximate surface area is 124 Å². The molecule has 3 heteroatoms. The van der Waals surface area contributed by atoms with E-state index >= 15 is 0 Å². The Kier molecular flexibility index (Phi) is 3.48. The SMILES string of the molecule is Cc1ccc2cc(C(=O)NC(C)c3ccccc3)[nH]c2c1. The highest BCUT2D eigenvalue weighted by molar-refractivity contribution is 5.98. The van der Waals surface area contributed by atoms with Gasteiger partial charge in [0.05, 0.1) is 6.04 Å². The zero-order valence-corrected chi connectivity index (χ0v) is 12.2. The van der Waals surface area contributed by atoms with Crippen molar-refractivity contribution in [3.63, 3.8) is 0 Å². The summed E-state index contributed by atoms with van der Waals surface area (Å²) in [6, 6.07) is 17.9. The van der Waals surface area contributed by atoms with Crippen molar-refractivity contribution in [2.24, 2.45) is 0 Å². The van der Waals surface area contributed by atoms with E-state index in [2.05, 4.69) is 10.3 Å². The van der Waals surface area contributed by atoms with Gasteiger partial charge in [-0.15, -0.1) is 0 Å². The first-order valence-electron chi connectivity index (χ1n) is 7.08. The molecule has 2 N–H and O–H groups in total. The van der Waals surface area contributed by atoms with Gasteiger partial charge in [-0.05, 0) is 37.1 Å². The van der Waals surface area contributed by atoms with Crippen LogP contribution in [0.3, 0.4) is 0 Å². The van der Waals surface area contributed by atoms with Crippen molar-refractivity contribution in [3.8, 4) is 0 Å². The normalized spacial score (nSPS) is 12.3. The molecular formula is C18H18N2O. The summed E-state index contributed by atoms with van der Waals surface area (Å²) in [5.41, 5.74) is 3.86. The largest absolute Gasteiger partial charge is 0.351 e. The van der Waals surface area contributed by atoms with Crippen LogP contribution >= 0.6 is 0 Å². The molecule has 21 heavy (non-hydrogen) atoms. The van der Waals surface area contributed by atoms with Crippen molar-refractivity contribution in [2.75, 3.05) is 0 Å². The highest BCUT2D eigenvalue weighted by atomic mass is 16.1. The molecule has 1 amide bonds. The van der Waals surface area contributed by atoms with E-state index in [0.717, 1.165) is 16.5 Å². The van der Waals surface area contributed by atoms with Crippen LogP contribution in [0, 0.1) is 6.92 Å². The van der Waals surface area contributed by atoms with Crippen LogP contribution in [0.15, 0.2) is 54.6 Å². The monoisotopic (exact) mass is 278 g/mol. The van der Waals surface area contributed by atoms with Gasteiger partial charge < -0.3 is 10.3 Å². The number of aromatic amines is 1. The van der Waals surface area contributed by atoms with Crippen LogP contribution in [0.1, 0.15) is 34.6 Å². The van der Waals surface area contributed by atoms with Crippen LogP contribution in [0.2, 0.25) is 0 Å². The van der Waals surface area contributed by atoms with Crippen LogP contribution in [0.4, 0.5) is 0 Å². The van der Waals surface area contributed by atoms with Crippen LogP contribution in [0.5, 0.6) is 0 Å². The number of hydrogen-bond donors (Lipinski definition) is 2. The van der Waals surface area contributed by atoms with Crippen molar-refractivity contribution in [1.29, 1.82) is 0 Å². The number of carbonyl (C=O) groups is 1. The molecule has 0 saturated carbocycles. The number of benzene rings is 2. The third kappa shape index (κ3) is 2.82. The number of hydrogen-bond acceptors (Lipinski definition) is 1. The van der Waals surface area contributed by atoms with Gasteiger partial charge in [0.1, 0.15) is 5.69 Å². The van der Waals surface area contributed by atoms with Gasteiger partial charge in [-0.1, -0.05) is 42.5 Å². The minimum absolute atomic E-state index is 0.0214. The molecule has 0 aliphatic heterocycles. The van der Waals surface area contributed by atoms with Gasteiger partial charge in [-0.25, -0.2) is 0 Å². The maximum Gasteiger partial charge on any atom is 0.268 e. The topological polar surface area (TPSA) is 44.9 Å². The zero-order valence-electron chi connectivity index (χ0n) is 12.2. The number of fused-ring (bicyclic) bond motifs is 1. The van der Waals surface area contributed by atoms with Gasteiger partial charge in [0.2, 0.25) is 0 Å². The predicted octanol–water partition coefficient (Wildman–Crippen LogP) is 3.97. The first kappa shape index (κ1) is 13.4. The average molecular weight is 278 g/mol. The highest BCUT2D eigenvalue weighted by Gasteiger charge is 2.13. The fraction of sp³-hybridized carbons (Fsp3) is 0.167. The molecule has 3 aromatic rings. The maximum atomic E-state index is 12.3. The second-order valence-corrected chi connectivity index (χ2v) is 5.38. The van der Waals surface area contributed by atoms with Gasteiger partial charge in [0, 0.05) is 10.9 Å². The van der Waals surface area contributed by atoms with E-state index in [9.17, 15) is 4.79 Å². The lowest BCUT2D eigenvalue weighted by molar-refractivity contribution is 0.0935. The van der Waals surface area contributed by atoms with Crippen LogP contribution in [-0.4, -0.2) is 10.9 Å². The van der Waals surface area contributed by atoms with Crippen molar-refractivity contribution >= 4 is 16.8 Å². The lowest BCUT2D eigenvalue weighted by atomic mass is 10.1. The lowest BCUT2D eigenvalue weighted by Crippen LogP contribution is -2.26. The second kappa shape index (κ2) is 5.44. The Balaban J connectivity index is 1.80. The van der Waals surface area contributed by atoms with Gasteiger partial charge in [-0.3, -0.25) is 4.79 Å². The molecule has 3 rings (SSSR count). The molecule has 0 radical (unpaired) electrons. The summed E-state index contributed by atoms with van der Waals surface area (Å²) in [6.07, 6.45) is 0. The fourth-order valence-electron chi connectivity index (χ4n) is 2.46. The molecule has 0 spiro atoms. The molecule has 0 saturated heterocycles. The van der Waals surface area contributed by atoms with E-state index in [4.69, 9.17) is 0 Å². The summed E-state index contributed by atoms with van der Waals surface area (Å²) in [7, 11) is 0. The molecule has 1 aromatic heterocycles.